The molecule has 2 rings (SSSR count). The van der Waals surface area contributed by atoms with E-state index in [0.29, 0.717) is 6.54 Å². The number of aliphatic imine (C=N–C) groups is 1. The highest BCUT2D eigenvalue weighted by atomic mass is 127. The third-order valence-corrected chi connectivity index (χ3v) is 4.47. The first-order valence-corrected chi connectivity index (χ1v) is 9.35. The predicted octanol–water partition coefficient (Wildman–Crippen LogP) is 2.53. The number of rotatable bonds is 8. The van der Waals surface area contributed by atoms with Gasteiger partial charge in [-0.1, -0.05) is 12.1 Å². The zero-order valence-electron chi connectivity index (χ0n) is 16.0. The lowest BCUT2D eigenvalue weighted by molar-refractivity contribution is 0.152. The van der Waals surface area contributed by atoms with Gasteiger partial charge in [-0.25, -0.2) is 9.38 Å². The Morgan fingerprint density at radius 2 is 1.77 bits per heavy atom. The summed E-state index contributed by atoms with van der Waals surface area (Å²) in [6.45, 7) is 10.3. The van der Waals surface area contributed by atoms with Gasteiger partial charge >= 0.3 is 0 Å². The van der Waals surface area contributed by atoms with E-state index in [1.807, 2.05) is 0 Å². The summed E-state index contributed by atoms with van der Waals surface area (Å²) in [5.41, 5.74) is 1.01. The van der Waals surface area contributed by atoms with Crippen molar-refractivity contribution < 1.29 is 4.39 Å². The number of hydrogen-bond acceptors (Lipinski definition) is 3. The summed E-state index contributed by atoms with van der Waals surface area (Å²) in [5.74, 6) is 0.615. The van der Waals surface area contributed by atoms with Gasteiger partial charge in [-0.15, -0.1) is 24.0 Å². The summed E-state index contributed by atoms with van der Waals surface area (Å²) >= 11 is 0. The maximum atomic E-state index is 12.9. The maximum absolute atomic E-state index is 12.9. The van der Waals surface area contributed by atoms with Crippen molar-refractivity contribution in [2.45, 2.75) is 26.3 Å². The van der Waals surface area contributed by atoms with Gasteiger partial charge in [0.1, 0.15) is 5.82 Å². The number of unbranched alkanes of at least 4 members (excludes halogenated alkanes) is 1. The summed E-state index contributed by atoms with van der Waals surface area (Å²) < 4.78 is 12.9. The van der Waals surface area contributed by atoms with Gasteiger partial charge in [0.25, 0.3) is 0 Å². The fourth-order valence-electron chi connectivity index (χ4n) is 2.84. The second-order valence-corrected chi connectivity index (χ2v) is 6.60. The van der Waals surface area contributed by atoms with Gasteiger partial charge in [-0.3, -0.25) is 0 Å². The van der Waals surface area contributed by atoms with Gasteiger partial charge in [0.2, 0.25) is 0 Å². The van der Waals surface area contributed by atoms with Crippen molar-refractivity contribution >= 4 is 29.9 Å². The molecule has 5 nitrogen and oxygen atoms in total. The molecule has 0 saturated carbocycles. The lowest BCUT2D eigenvalue weighted by atomic mass is 10.2. The molecule has 0 spiro atoms. The van der Waals surface area contributed by atoms with E-state index in [-0.39, 0.29) is 29.8 Å². The minimum atomic E-state index is -0.210. The lowest BCUT2D eigenvalue weighted by Gasteiger charge is -2.32. The Balaban J connectivity index is 0.00000338. The van der Waals surface area contributed by atoms with Crippen molar-refractivity contribution in [2.75, 3.05) is 52.9 Å². The Labute approximate surface area is 174 Å². The summed E-state index contributed by atoms with van der Waals surface area (Å²) in [4.78, 5) is 9.50. The van der Waals surface area contributed by atoms with Crippen molar-refractivity contribution in [3.63, 3.8) is 0 Å². The molecular formula is C19H33FIN5. The summed E-state index contributed by atoms with van der Waals surface area (Å²) in [5, 5.41) is 6.64. The van der Waals surface area contributed by atoms with Crippen LogP contribution >= 0.6 is 24.0 Å². The predicted molar refractivity (Wildman–Crippen MR) is 118 cm³/mol. The molecule has 0 amide bonds. The van der Waals surface area contributed by atoms with E-state index in [2.05, 4.69) is 39.4 Å². The van der Waals surface area contributed by atoms with Crippen LogP contribution in [-0.4, -0.2) is 68.6 Å². The van der Waals surface area contributed by atoms with E-state index in [1.54, 1.807) is 12.1 Å². The summed E-state index contributed by atoms with van der Waals surface area (Å²) in [7, 11) is 2.19. The van der Waals surface area contributed by atoms with Crippen LogP contribution in [0.1, 0.15) is 25.3 Å². The monoisotopic (exact) mass is 477 g/mol. The van der Waals surface area contributed by atoms with E-state index >= 15 is 0 Å². The number of nitrogens with one attached hydrogen (secondary N) is 2. The van der Waals surface area contributed by atoms with Gasteiger partial charge in [0, 0.05) is 39.3 Å². The van der Waals surface area contributed by atoms with E-state index in [1.165, 1.54) is 51.3 Å². The lowest BCUT2D eigenvalue weighted by Crippen LogP contribution is -2.44. The van der Waals surface area contributed by atoms with Gasteiger partial charge in [-0.2, -0.15) is 0 Å². The Morgan fingerprint density at radius 3 is 2.42 bits per heavy atom. The highest BCUT2D eigenvalue weighted by Crippen LogP contribution is 2.04. The van der Waals surface area contributed by atoms with Crippen LogP contribution in [0.5, 0.6) is 0 Å². The topological polar surface area (TPSA) is 42.9 Å². The maximum Gasteiger partial charge on any atom is 0.191 e. The van der Waals surface area contributed by atoms with Crippen LogP contribution in [0.15, 0.2) is 29.3 Å². The summed E-state index contributed by atoms with van der Waals surface area (Å²) in [6, 6.07) is 6.50. The SMILES string of the molecule is CCNC(=NCc1ccc(F)cc1)NCCCCN1CCN(C)CC1.I. The smallest absolute Gasteiger partial charge is 0.191 e. The summed E-state index contributed by atoms with van der Waals surface area (Å²) in [6.07, 6.45) is 2.33. The highest BCUT2D eigenvalue weighted by Gasteiger charge is 2.12. The highest BCUT2D eigenvalue weighted by molar-refractivity contribution is 14.0. The first-order chi connectivity index (χ1) is 12.2. The van der Waals surface area contributed by atoms with Crippen LogP contribution < -0.4 is 10.6 Å². The molecule has 0 aromatic heterocycles. The standard InChI is InChI=1S/C19H32FN5.HI/c1-3-21-19(23-16-17-6-8-18(20)9-7-17)22-10-4-5-11-25-14-12-24(2)13-15-25;/h6-9H,3-5,10-16H2,1-2H3,(H2,21,22,23);1H. The van der Waals surface area contributed by atoms with Crippen LogP contribution in [0.4, 0.5) is 4.39 Å². The second-order valence-electron chi connectivity index (χ2n) is 6.60. The number of hydrogen-bond donors (Lipinski definition) is 2. The third-order valence-electron chi connectivity index (χ3n) is 4.47. The minimum absolute atomic E-state index is 0. The Morgan fingerprint density at radius 1 is 1.08 bits per heavy atom. The molecule has 1 aromatic rings. The first-order valence-electron chi connectivity index (χ1n) is 9.35. The molecule has 148 valence electrons. The molecular weight excluding hydrogens is 444 g/mol. The molecule has 2 N–H and O–H groups in total. The number of halogens is 2. The molecule has 1 saturated heterocycles. The second kappa shape index (κ2) is 13.3. The van der Waals surface area contributed by atoms with Crippen molar-refractivity contribution in [1.29, 1.82) is 0 Å². The zero-order chi connectivity index (χ0) is 17.9. The van der Waals surface area contributed by atoms with Crippen LogP contribution in [0.3, 0.4) is 0 Å². The Bertz CT molecular complexity index is 515. The number of benzene rings is 1. The number of likely N-dealkylation sites (N-methyl/N-ethyl adjacent to an activating group) is 1. The van der Waals surface area contributed by atoms with Crippen molar-refractivity contribution in [1.82, 2.24) is 20.4 Å². The third kappa shape index (κ3) is 9.14. The molecule has 1 aliphatic rings. The van der Waals surface area contributed by atoms with E-state index < -0.39 is 0 Å². The molecule has 0 bridgehead atoms. The Kier molecular flexibility index (Phi) is 11.8. The fraction of sp³-hybridized carbons (Fsp3) is 0.632. The quantitative estimate of drug-likeness (QED) is 0.262. The van der Waals surface area contributed by atoms with Crippen molar-refractivity contribution in [3.05, 3.63) is 35.6 Å². The molecule has 1 aromatic carbocycles. The van der Waals surface area contributed by atoms with Crippen LogP contribution in [0, 0.1) is 5.82 Å². The Hall–Kier alpha value is -0.930. The molecule has 0 aliphatic carbocycles. The van der Waals surface area contributed by atoms with Gasteiger partial charge in [0.15, 0.2) is 5.96 Å². The molecule has 7 heteroatoms. The van der Waals surface area contributed by atoms with E-state index in [0.717, 1.165) is 31.0 Å². The van der Waals surface area contributed by atoms with Crippen molar-refractivity contribution in [2.24, 2.45) is 4.99 Å². The molecule has 1 heterocycles. The molecule has 0 unspecified atom stereocenters. The van der Waals surface area contributed by atoms with Gasteiger partial charge in [0.05, 0.1) is 6.54 Å². The van der Waals surface area contributed by atoms with Gasteiger partial charge < -0.3 is 20.4 Å². The van der Waals surface area contributed by atoms with Gasteiger partial charge in [-0.05, 0) is 51.1 Å². The van der Waals surface area contributed by atoms with E-state index in [9.17, 15) is 4.39 Å². The first kappa shape index (κ1) is 23.1. The number of guanidine groups is 1. The fourth-order valence-corrected chi connectivity index (χ4v) is 2.84. The molecule has 1 fully saturated rings. The number of piperazine rings is 1. The molecule has 0 radical (unpaired) electrons. The normalized spacial score (nSPS) is 16.2. The van der Waals surface area contributed by atoms with Crippen LogP contribution in [-0.2, 0) is 6.54 Å². The zero-order valence-corrected chi connectivity index (χ0v) is 18.3. The largest absolute Gasteiger partial charge is 0.357 e. The average molecular weight is 477 g/mol. The van der Waals surface area contributed by atoms with Crippen LogP contribution in [0.25, 0.3) is 0 Å². The average Bonchev–Trinajstić information content (AvgIpc) is 2.62. The number of nitrogens with zero attached hydrogens (tertiary/aromatic N) is 3. The van der Waals surface area contributed by atoms with Crippen LogP contribution in [0.2, 0.25) is 0 Å². The molecule has 0 atom stereocenters. The minimum Gasteiger partial charge on any atom is -0.357 e. The molecule has 26 heavy (non-hydrogen) atoms. The molecule has 1 aliphatic heterocycles. The van der Waals surface area contributed by atoms with E-state index in [4.69, 9.17) is 0 Å². The van der Waals surface area contributed by atoms with Crippen molar-refractivity contribution in [3.8, 4) is 0 Å².